The van der Waals surface area contributed by atoms with E-state index < -0.39 is 26.7 Å². The maximum atomic E-state index is 13.2. The van der Waals surface area contributed by atoms with Crippen LogP contribution >= 0.6 is 15.9 Å². The van der Waals surface area contributed by atoms with Crippen molar-refractivity contribution in [2.45, 2.75) is 29.3 Å². The van der Waals surface area contributed by atoms with Gasteiger partial charge in [0.15, 0.2) is 0 Å². The lowest BCUT2D eigenvalue weighted by Crippen LogP contribution is -2.22. The van der Waals surface area contributed by atoms with Gasteiger partial charge in [-0.05, 0) is 42.7 Å². The van der Waals surface area contributed by atoms with Crippen LogP contribution in [0.15, 0.2) is 51.8 Å². The topological polar surface area (TPSA) is 72.2 Å². The van der Waals surface area contributed by atoms with E-state index in [1.54, 1.807) is 0 Å². The molecule has 9 heteroatoms. The van der Waals surface area contributed by atoms with E-state index in [2.05, 4.69) is 21.2 Å². The molecule has 0 saturated heterocycles. The Labute approximate surface area is 157 Å². The third-order valence-corrected chi connectivity index (χ3v) is 6.18. The van der Waals surface area contributed by atoms with Crippen molar-refractivity contribution < 1.29 is 21.6 Å². The van der Waals surface area contributed by atoms with E-state index in [1.165, 1.54) is 6.07 Å². The summed E-state index contributed by atoms with van der Waals surface area (Å²) in [6.45, 7) is 0.446. The van der Waals surface area contributed by atoms with Gasteiger partial charge in [-0.15, -0.1) is 0 Å². The third kappa shape index (κ3) is 3.89. The highest BCUT2D eigenvalue weighted by Crippen LogP contribution is 2.50. The number of nitrogens with two attached hydrogens (primary N) is 1. The molecule has 0 aromatic heterocycles. The van der Waals surface area contributed by atoms with E-state index >= 15 is 0 Å². The first-order valence-corrected chi connectivity index (χ1v) is 10.1. The van der Waals surface area contributed by atoms with Crippen LogP contribution in [-0.2, 0) is 21.6 Å². The molecule has 2 aromatic carbocycles. The quantitative estimate of drug-likeness (QED) is 0.717. The first kappa shape index (κ1) is 19.2. The average Bonchev–Trinajstić information content (AvgIpc) is 3.32. The lowest BCUT2D eigenvalue weighted by Gasteiger charge is -2.20. The molecule has 0 amide bonds. The summed E-state index contributed by atoms with van der Waals surface area (Å²) in [5.41, 5.74) is -0.111. The van der Waals surface area contributed by atoms with Crippen LogP contribution in [0.2, 0.25) is 0 Å². The Kier molecular flexibility index (Phi) is 4.83. The lowest BCUT2D eigenvalue weighted by atomic mass is 9.96. The molecular weight excluding hydrogens is 433 g/mol. The highest BCUT2D eigenvalue weighted by molar-refractivity contribution is 9.10. The summed E-state index contributed by atoms with van der Waals surface area (Å²) < 4.78 is 63.4. The van der Waals surface area contributed by atoms with Crippen LogP contribution in [0.5, 0.6) is 0 Å². The van der Waals surface area contributed by atoms with E-state index in [0.717, 1.165) is 35.0 Å². The van der Waals surface area contributed by atoms with Crippen molar-refractivity contribution in [2.24, 2.45) is 5.14 Å². The Morgan fingerprint density at radius 2 is 1.81 bits per heavy atom. The molecule has 1 saturated carbocycles. The monoisotopic (exact) mass is 448 g/mol. The summed E-state index contributed by atoms with van der Waals surface area (Å²) in [6, 6.07) is 10.7. The molecule has 1 aliphatic carbocycles. The number of anilines is 1. The van der Waals surface area contributed by atoms with Gasteiger partial charge in [0.25, 0.3) is 0 Å². The Balaban J connectivity index is 1.87. The van der Waals surface area contributed by atoms with Crippen molar-refractivity contribution >= 4 is 31.6 Å². The predicted octanol–water partition coefficient (Wildman–Crippen LogP) is 4.26. The number of hydrogen-bond acceptors (Lipinski definition) is 3. The summed E-state index contributed by atoms with van der Waals surface area (Å²) in [4.78, 5) is -0.928. The Morgan fingerprint density at radius 1 is 1.15 bits per heavy atom. The number of rotatable bonds is 5. The van der Waals surface area contributed by atoms with Crippen LogP contribution in [0.3, 0.4) is 0 Å². The number of sulfonamides is 1. The molecule has 1 fully saturated rings. The van der Waals surface area contributed by atoms with Crippen molar-refractivity contribution in [1.29, 1.82) is 0 Å². The van der Waals surface area contributed by atoms with Crippen molar-refractivity contribution in [3.63, 3.8) is 0 Å². The van der Waals surface area contributed by atoms with Gasteiger partial charge < -0.3 is 5.32 Å². The first-order valence-electron chi connectivity index (χ1n) is 7.76. The zero-order valence-electron chi connectivity index (χ0n) is 13.5. The molecule has 26 heavy (non-hydrogen) atoms. The number of halogens is 4. The van der Waals surface area contributed by atoms with E-state index in [4.69, 9.17) is 5.14 Å². The fourth-order valence-electron chi connectivity index (χ4n) is 2.96. The number of nitrogens with one attached hydrogen (secondary N) is 1. The zero-order chi connectivity index (χ0) is 19.2. The van der Waals surface area contributed by atoms with Gasteiger partial charge in [0.05, 0.1) is 10.5 Å². The number of alkyl halides is 3. The first-order chi connectivity index (χ1) is 12.0. The predicted molar refractivity (Wildman–Crippen MR) is 96.4 cm³/mol. The van der Waals surface area contributed by atoms with Crippen LogP contribution in [0, 0.1) is 0 Å². The molecule has 0 aliphatic heterocycles. The number of hydrogen-bond donors (Lipinski definition) is 2. The normalized spacial score (nSPS) is 16.3. The molecule has 0 spiro atoms. The SMILES string of the molecule is NS(=O)(=O)c1ccc(NCC2(c3ccccc3Br)CC2)cc1C(F)(F)F. The molecular formula is C17H16BrF3N2O2S. The molecule has 0 heterocycles. The standard InChI is InChI=1S/C17H16BrF3N2O2S/c18-14-4-2-1-3-12(14)16(7-8-16)10-23-11-5-6-15(26(22,24)25)13(9-11)17(19,20)21/h1-6,9,23H,7-8,10H2,(H2,22,24,25). The minimum Gasteiger partial charge on any atom is -0.384 e. The van der Waals surface area contributed by atoms with Gasteiger partial charge in [0, 0.05) is 22.1 Å². The van der Waals surface area contributed by atoms with Crippen molar-refractivity contribution in [3.8, 4) is 0 Å². The summed E-state index contributed by atoms with van der Waals surface area (Å²) >= 11 is 3.51. The van der Waals surface area contributed by atoms with Gasteiger partial charge in [0.2, 0.25) is 10.0 Å². The highest BCUT2D eigenvalue weighted by atomic mass is 79.9. The van der Waals surface area contributed by atoms with Gasteiger partial charge in [-0.25, -0.2) is 13.6 Å². The van der Waals surface area contributed by atoms with Crippen LogP contribution in [0.1, 0.15) is 24.0 Å². The second-order valence-electron chi connectivity index (χ2n) is 6.37. The molecule has 0 bridgehead atoms. The van der Waals surface area contributed by atoms with Gasteiger partial charge in [-0.2, -0.15) is 13.2 Å². The van der Waals surface area contributed by atoms with E-state index in [-0.39, 0.29) is 11.1 Å². The second-order valence-corrected chi connectivity index (χ2v) is 8.75. The summed E-state index contributed by atoms with van der Waals surface area (Å²) in [5, 5.41) is 7.90. The number of primary sulfonamides is 1. The fraction of sp³-hybridized carbons (Fsp3) is 0.294. The smallest absolute Gasteiger partial charge is 0.384 e. The van der Waals surface area contributed by atoms with Crippen LogP contribution in [0.4, 0.5) is 18.9 Å². The molecule has 3 rings (SSSR count). The lowest BCUT2D eigenvalue weighted by molar-refractivity contribution is -0.139. The van der Waals surface area contributed by atoms with Gasteiger partial charge in [-0.1, -0.05) is 34.1 Å². The van der Waals surface area contributed by atoms with Gasteiger partial charge in [0.1, 0.15) is 0 Å². The van der Waals surface area contributed by atoms with E-state index in [0.29, 0.717) is 6.54 Å². The Bertz CT molecular complexity index is 941. The minimum atomic E-state index is -4.82. The van der Waals surface area contributed by atoms with Gasteiger partial charge >= 0.3 is 6.18 Å². The molecule has 0 atom stereocenters. The average molecular weight is 449 g/mol. The number of benzene rings is 2. The summed E-state index contributed by atoms with van der Waals surface area (Å²) in [6.07, 6.45) is -2.98. The van der Waals surface area contributed by atoms with Crippen LogP contribution in [-0.4, -0.2) is 15.0 Å². The molecule has 1 aliphatic rings. The third-order valence-electron chi connectivity index (χ3n) is 4.52. The highest BCUT2D eigenvalue weighted by Gasteiger charge is 2.45. The Hall–Kier alpha value is -1.58. The summed E-state index contributed by atoms with van der Waals surface area (Å²) in [5.74, 6) is 0. The van der Waals surface area contributed by atoms with Crippen molar-refractivity contribution in [1.82, 2.24) is 0 Å². The molecule has 2 aromatic rings. The summed E-state index contributed by atoms with van der Waals surface area (Å²) in [7, 11) is -4.47. The molecule has 3 N–H and O–H groups in total. The maximum Gasteiger partial charge on any atom is 0.417 e. The van der Waals surface area contributed by atoms with E-state index in [9.17, 15) is 21.6 Å². The van der Waals surface area contributed by atoms with Crippen LogP contribution in [0.25, 0.3) is 0 Å². The molecule has 140 valence electrons. The van der Waals surface area contributed by atoms with Crippen LogP contribution < -0.4 is 10.5 Å². The Morgan fingerprint density at radius 3 is 2.35 bits per heavy atom. The molecule has 4 nitrogen and oxygen atoms in total. The largest absolute Gasteiger partial charge is 0.417 e. The maximum absolute atomic E-state index is 13.2. The van der Waals surface area contributed by atoms with E-state index in [1.807, 2.05) is 24.3 Å². The molecule has 0 unspecified atom stereocenters. The minimum absolute atomic E-state index is 0.142. The van der Waals surface area contributed by atoms with Crippen molar-refractivity contribution in [3.05, 3.63) is 58.1 Å². The fourth-order valence-corrected chi connectivity index (χ4v) is 4.41. The van der Waals surface area contributed by atoms with Crippen molar-refractivity contribution in [2.75, 3.05) is 11.9 Å². The van der Waals surface area contributed by atoms with Gasteiger partial charge in [-0.3, -0.25) is 0 Å². The molecule has 0 radical (unpaired) electrons. The zero-order valence-corrected chi connectivity index (χ0v) is 15.9. The second kappa shape index (κ2) is 6.54.